The fourth-order valence-electron chi connectivity index (χ4n) is 2.42. The van der Waals surface area contributed by atoms with Gasteiger partial charge in [-0.05, 0) is 25.0 Å². The first kappa shape index (κ1) is 15.3. The highest BCUT2D eigenvalue weighted by Gasteiger charge is 2.28. The standard InChI is InChI=1S/C15H16ClN3O2/c16-13-4-2-1-3-12(13)15(21)19-9-5-11(6-10-19)14(20)18-8-7-17/h1-4,11H,5-6,8-10H2,(H,18,20). The summed E-state index contributed by atoms with van der Waals surface area (Å²) in [7, 11) is 0. The van der Waals surface area contributed by atoms with E-state index >= 15 is 0 Å². The Labute approximate surface area is 128 Å². The average molecular weight is 306 g/mol. The van der Waals surface area contributed by atoms with Crippen LogP contribution in [0, 0.1) is 17.2 Å². The third-order valence-corrected chi connectivity index (χ3v) is 3.93. The van der Waals surface area contributed by atoms with Gasteiger partial charge in [0.2, 0.25) is 5.91 Å². The number of nitriles is 1. The van der Waals surface area contributed by atoms with E-state index in [4.69, 9.17) is 16.9 Å². The van der Waals surface area contributed by atoms with Crippen LogP contribution in [0.1, 0.15) is 23.2 Å². The van der Waals surface area contributed by atoms with Gasteiger partial charge >= 0.3 is 0 Å². The number of halogens is 1. The van der Waals surface area contributed by atoms with Crippen molar-refractivity contribution in [3.8, 4) is 6.07 Å². The van der Waals surface area contributed by atoms with Gasteiger partial charge in [0.05, 0.1) is 16.7 Å². The number of piperidine rings is 1. The van der Waals surface area contributed by atoms with Crippen LogP contribution in [-0.2, 0) is 4.79 Å². The smallest absolute Gasteiger partial charge is 0.255 e. The quantitative estimate of drug-likeness (QED) is 0.866. The molecule has 21 heavy (non-hydrogen) atoms. The first-order valence-electron chi connectivity index (χ1n) is 6.82. The Bertz CT molecular complexity index is 575. The summed E-state index contributed by atoms with van der Waals surface area (Å²) in [6.45, 7) is 1.07. The van der Waals surface area contributed by atoms with E-state index in [1.165, 1.54) is 0 Å². The van der Waals surface area contributed by atoms with Gasteiger partial charge in [0, 0.05) is 19.0 Å². The predicted octanol–water partition coefficient (Wildman–Crippen LogP) is 1.83. The lowest BCUT2D eigenvalue weighted by atomic mass is 9.95. The molecule has 1 aromatic carbocycles. The van der Waals surface area contributed by atoms with E-state index in [0.717, 1.165) is 0 Å². The Hall–Kier alpha value is -2.06. The van der Waals surface area contributed by atoms with E-state index in [0.29, 0.717) is 36.5 Å². The van der Waals surface area contributed by atoms with E-state index in [1.807, 2.05) is 6.07 Å². The second kappa shape index (κ2) is 7.09. The maximum atomic E-state index is 12.4. The maximum absolute atomic E-state index is 12.4. The van der Waals surface area contributed by atoms with Crippen molar-refractivity contribution in [2.24, 2.45) is 5.92 Å². The molecule has 0 saturated carbocycles. The van der Waals surface area contributed by atoms with Gasteiger partial charge < -0.3 is 10.2 Å². The zero-order chi connectivity index (χ0) is 15.2. The van der Waals surface area contributed by atoms with Gasteiger partial charge in [0.15, 0.2) is 0 Å². The van der Waals surface area contributed by atoms with Gasteiger partial charge in [-0.2, -0.15) is 5.26 Å². The molecule has 0 spiro atoms. The second-order valence-electron chi connectivity index (χ2n) is 4.92. The van der Waals surface area contributed by atoms with Crippen molar-refractivity contribution in [2.75, 3.05) is 19.6 Å². The molecule has 1 heterocycles. The number of carbonyl (C=O) groups excluding carboxylic acids is 2. The van der Waals surface area contributed by atoms with Gasteiger partial charge in [-0.3, -0.25) is 9.59 Å². The summed E-state index contributed by atoms with van der Waals surface area (Å²) in [5.41, 5.74) is 0.492. The van der Waals surface area contributed by atoms with E-state index in [2.05, 4.69) is 5.32 Å². The Balaban J connectivity index is 1.92. The van der Waals surface area contributed by atoms with Crippen LogP contribution >= 0.6 is 11.6 Å². The van der Waals surface area contributed by atoms with E-state index < -0.39 is 0 Å². The number of nitrogens with one attached hydrogen (secondary N) is 1. The minimum atomic E-state index is -0.131. The molecule has 0 aromatic heterocycles. The molecule has 1 aliphatic heterocycles. The van der Waals surface area contributed by atoms with Crippen molar-refractivity contribution < 1.29 is 9.59 Å². The number of likely N-dealkylation sites (tertiary alicyclic amines) is 1. The molecule has 0 atom stereocenters. The molecule has 0 unspecified atom stereocenters. The third-order valence-electron chi connectivity index (χ3n) is 3.60. The lowest BCUT2D eigenvalue weighted by Crippen LogP contribution is -2.43. The van der Waals surface area contributed by atoms with Gasteiger partial charge in [0.25, 0.3) is 5.91 Å². The summed E-state index contributed by atoms with van der Waals surface area (Å²) in [4.78, 5) is 25.9. The Kier molecular flexibility index (Phi) is 5.18. The highest BCUT2D eigenvalue weighted by atomic mass is 35.5. The molecule has 1 fully saturated rings. The molecule has 6 heteroatoms. The number of amides is 2. The Morgan fingerprint density at radius 3 is 2.62 bits per heavy atom. The molecular weight excluding hydrogens is 290 g/mol. The molecule has 1 N–H and O–H groups in total. The molecule has 1 saturated heterocycles. The summed E-state index contributed by atoms with van der Waals surface area (Å²) in [6, 6.07) is 8.84. The molecule has 1 aliphatic rings. The second-order valence-corrected chi connectivity index (χ2v) is 5.33. The zero-order valence-electron chi connectivity index (χ0n) is 11.5. The largest absolute Gasteiger partial charge is 0.343 e. The normalized spacial score (nSPS) is 15.3. The minimum Gasteiger partial charge on any atom is -0.343 e. The van der Waals surface area contributed by atoms with Gasteiger partial charge in [-0.25, -0.2) is 0 Å². The van der Waals surface area contributed by atoms with Crippen molar-refractivity contribution in [1.82, 2.24) is 10.2 Å². The summed E-state index contributed by atoms with van der Waals surface area (Å²) in [6.07, 6.45) is 1.21. The molecular formula is C15H16ClN3O2. The molecule has 110 valence electrons. The fourth-order valence-corrected chi connectivity index (χ4v) is 2.64. The number of rotatable bonds is 3. The Morgan fingerprint density at radius 1 is 1.33 bits per heavy atom. The number of benzene rings is 1. The summed E-state index contributed by atoms with van der Waals surface area (Å²) in [5.74, 6) is -0.341. The third kappa shape index (κ3) is 3.73. The van der Waals surface area contributed by atoms with Crippen molar-refractivity contribution >= 4 is 23.4 Å². The molecule has 0 aliphatic carbocycles. The van der Waals surface area contributed by atoms with Crippen molar-refractivity contribution in [1.29, 1.82) is 5.26 Å². The van der Waals surface area contributed by atoms with Gasteiger partial charge in [-0.1, -0.05) is 23.7 Å². The van der Waals surface area contributed by atoms with Crippen molar-refractivity contribution in [3.05, 3.63) is 34.9 Å². The monoisotopic (exact) mass is 305 g/mol. The van der Waals surface area contributed by atoms with Crippen LogP contribution in [0.3, 0.4) is 0 Å². The summed E-state index contributed by atoms with van der Waals surface area (Å²) < 4.78 is 0. The summed E-state index contributed by atoms with van der Waals surface area (Å²) in [5, 5.41) is 11.5. The lowest BCUT2D eigenvalue weighted by Gasteiger charge is -2.31. The van der Waals surface area contributed by atoms with Crippen LogP contribution in [0.5, 0.6) is 0 Å². The van der Waals surface area contributed by atoms with Crippen LogP contribution in [0.15, 0.2) is 24.3 Å². The number of carbonyl (C=O) groups is 2. The number of hydrogen-bond donors (Lipinski definition) is 1. The molecule has 2 amide bonds. The van der Waals surface area contributed by atoms with E-state index in [-0.39, 0.29) is 24.3 Å². The van der Waals surface area contributed by atoms with E-state index in [9.17, 15) is 9.59 Å². The topological polar surface area (TPSA) is 73.2 Å². The molecule has 2 rings (SSSR count). The van der Waals surface area contributed by atoms with Crippen molar-refractivity contribution in [3.63, 3.8) is 0 Å². The first-order valence-corrected chi connectivity index (χ1v) is 7.19. The highest BCUT2D eigenvalue weighted by Crippen LogP contribution is 2.22. The molecule has 0 bridgehead atoms. The minimum absolute atomic E-state index is 0.0254. The van der Waals surface area contributed by atoms with Gasteiger partial charge in [-0.15, -0.1) is 0 Å². The lowest BCUT2D eigenvalue weighted by molar-refractivity contribution is -0.126. The molecule has 5 nitrogen and oxygen atoms in total. The highest BCUT2D eigenvalue weighted by molar-refractivity contribution is 6.33. The van der Waals surface area contributed by atoms with Crippen LogP contribution < -0.4 is 5.32 Å². The van der Waals surface area contributed by atoms with Crippen LogP contribution in [0.2, 0.25) is 5.02 Å². The average Bonchev–Trinajstić information content (AvgIpc) is 2.52. The molecule has 1 aromatic rings. The van der Waals surface area contributed by atoms with Crippen LogP contribution in [0.4, 0.5) is 0 Å². The van der Waals surface area contributed by atoms with Crippen molar-refractivity contribution in [2.45, 2.75) is 12.8 Å². The fraction of sp³-hybridized carbons (Fsp3) is 0.400. The Morgan fingerprint density at radius 2 is 2.00 bits per heavy atom. The first-order chi connectivity index (χ1) is 10.1. The zero-order valence-corrected chi connectivity index (χ0v) is 12.3. The number of hydrogen-bond acceptors (Lipinski definition) is 3. The van der Waals surface area contributed by atoms with Crippen LogP contribution in [0.25, 0.3) is 0 Å². The summed E-state index contributed by atoms with van der Waals surface area (Å²) >= 11 is 6.03. The maximum Gasteiger partial charge on any atom is 0.255 e. The SMILES string of the molecule is N#CCNC(=O)C1CCN(C(=O)c2ccccc2Cl)CC1. The van der Waals surface area contributed by atoms with E-state index in [1.54, 1.807) is 29.2 Å². The predicted molar refractivity (Wildman–Crippen MR) is 78.7 cm³/mol. The van der Waals surface area contributed by atoms with Gasteiger partial charge in [0.1, 0.15) is 6.54 Å². The van der Waals surface area contributed by atoms with Crippen LogP contribution in [-0.4, -0.2) is 36.3 Å². The number of nitrogens with zero attached hydrogens (tertiary/aromatic N) is 2. The molecule has 0 radical (unpaired) electrons.